The molecule has 0 unspecified atom stereocenters. The zero-order valence-electron chi connectivity index (χ0n) is 19.2. The van der Waals surface area contributed by atoms with E-state index < -0.39 is 23.0 Å². The molecule has 0 aliphatic rings. The topological polar surface area (TPSA) is 123 Å². The highest BCUT2D eigenvalue weighted by atomic mass is 16.7. The molecule has 2 N–H and O–H groups in total. The Bertz CT molecular complexity index is 1160. The van der Waals surface area contributed by atoms with Gasteiger partial charge in [-0.1, -0.05) is 58.4 Å². The summed E-state index contributed by atoms with van der Waals surface area (Å²) in [7, 11) is 0. The average Bonchev–Trinajstić information content (AvgIpc) is 2.62. The number of aromatic amines is 1. The zero-order valence-corrected chi connectivity index (χ0v) is 19.2. The number of nitrogens with zero attached hydrogens (tertiary/aromatic N) is 2. The number of carbonyl (C=O) groups is 1. The SMILES string of the molecule is CCn1c(=O)[nH]c(=O)n(OC(=O)CCc2cc(C(C)(C)C)cc(C(C)(C)C)c2O)c1=O. The van der Waals surface area contributed by atoms with Crippen molar-refractivity contribution in [1.82, 2.24) is 14.3 Å². The van der Waals surface area contributed by atoms with Gasteiger partial charge in [0.15, 0.2) is 0 Å². The smallest absolute Gasteiger partial charge is 0.370 e. The summed E-state index contributed by atoms with van der Waals surface area (Å²) in [5, 5.41) is 10.8. The lowest BCUT2D eigenvalue weighted by atomic mass is 9.78. The normalized spacial score (nSPS) is 12.1. The molecule has 2 aromatic rings. The number of aryl methyl sites for hydroxylation is 1. The molecule has 31 heavy (non-hydrogen) atoms. The number of hydrogen-bond donors (Lipinski definition) is 2. The number of aromatic nitrogens is 3. The lowest BCUT2D eigenvalue weighted by Gasteiger charge is -2.27. The van der Waals surface area contributed by atoms with E-state index in [4.69, 9.17) is 4.84 Å². The number of carbonyl (C=O) groups excluding carboxylic acids is 1. The van der Waals surface area contributed by atoms with E-state index in [2.05, 4.69) is 20.8 Å². The molecule has 9 heteroatoms. The molecule has 0 aliphatic carbocycles. The second-order valence-corrected chi connectivity index (χ2v) is 9.55. The van der Waals surface area contributed by atoms with E-state index in [1.165, 1.54) is 0 Å². The lowest BCUT2D eigenvalue weighted by molar-refractivity contribution is -0.145. The number of nitrogens with one attached hydrogen (secondary N) is 1. The Kier molecular flexibility index (Phi) is 6.68. The molecule has 170 valence electrons. The van der Waals surface area contributed by atoms with Crippen LogP contribution in [0.2, 0.25) is 0 Å². The van der Waals surface area contributed by atoms with E-state index >= 15 is 0 Å². The largest absolute Gasteiger partial charge is 0.507 e. The summed E-state index contributed by atoms with van der Waals surface area (Å²) < 4.78 is 0.974. The minimum Gasteiger partial charge on any atom is -0.507 e. The van der Waals surface area contributed by atoms with Crippen molar-refractivity contribution in [1.29, 1.82) is 0 Å². The van der Waals surface area contributed by atoms with Crippen LogP contribution in [-0.4, -0.2) is 25.4 Å². The first-order chi connectivity index (χ1) is 14.2. The van der Waals surface area contributed by atoms with E-state index in [0.717, 1.165) is 15.7 Å². The molecule has 0 spiro atoms. The molecule has 1 aromatic heterocycles. The van der Waals surface area contributed by atoms with Crippen LogP contribution in [0.4, 0.5) is 0 Å². The number of rotatable bonds is 5. The molecule has 0 atom stereocenters. The fourth-order valence-corrected chi connectivity index (χ4v) is 3.13. The van der Waals surface area contributed by atoms with Gasteiger partial charge in [-0.05, 0) is 40.9 Å². The van der Waals surface area contributed by atoms with Crippen molar-refractivity contribution in [2.24, 2.45) is 0 Å². The van der Waals surface area contributed by atoms with Gasteiger partial charge in [0.05, 0.1) is 6.42 Å². The van der Waals surface area contributed by atoms with Gasteiger partial charge >= 0.3 is 23.0 Å². The monoisotopic (exact) mass is 433 g/mol. The summed E-state index contributed by atoms with van der Waals surface area (Å²) >= 11 is 0. The van der Waals surface area contributed by atoms with Gasteiger partial charge in [0.1, 0.15) is 5.75 Å². The van der Waals surface area contributed by atoms with Crippen LogP contribution in [0.3, 0.4) is 0 Å². The highest BCUT2D eigenvalue weighted by molar-refractivity contribution is 5.70. The first-order valence-electron chi connectivity index (χ1n) is 10.2. The molecule has 1 heterocycles. The van der Waals surface area contributed by atoms with Crippen LogP contribution < -0.4 is 21.9 Å². The first kappa shape index (κ1) is 24.2. The highest BCUT2D eigenvalue weighted by Crippen LogP contribution is 2.38. The molecule has 0 saturated carbocycles. The van der Waals surface area contributed by atoms with Gasteiger partial charge in [-0.2, -0.15) is 0 Å². The number of phenolic OH excluding ortho intramolecular Hbond substituents is 1. The Morgan fingerprint density at radius 1 is 1.03 bits per heavy atom. The van der Waals surface area contributed by atoms with E-state index in [-0.39, 0.29) is 40.7 Å². The van der Waals surface area contributed by atoms with Crippen molar-refractivity contribution < 1.29 is 14.7 Å². The summed E-state index contributed by atoms with van der Waals surface area (Å²) in [6.07, 6.45) is -0.0282. The third kappa shape index (κ3) is 5.34. The van der Waals surface area contributed by atoms with Crippen LogP contribution >= 0.6 is 0 Å². The van der Waals surface area contributed by atoms with Crippen molar-refractivity contribution in [3.63, 3.8) is 0 Å². The van der Waals surface area contributed by atoms with Gasteiger partial charge < -0.3 is 9.94 Å². The maximum Gasteiger partial charge on any atom is 0.370 e. The minimum atomic E-state index is -1.12. The van der Waals surface area contributed by atoms with E-state index in [9.17, 15) is 24.3 Å². The minimum absolute atomic E-state index is 0.00897. The van der Waals surface area contributed by atoms with Gasteiger partial charge in [-0.25, -0.2) is 23.7 Å². The fourth-order valence-electron chi connectivity index (χ4n) is 3.13. The van der Waals surface area contributed by atoms with Gasteiger partial charge in [-0.3, -0.25) is 4.98 Å². The number of H-pyrrole nitrogens is 1. The number of phenols is 1. The molecule has 2 rings (SSSR count). The molecular formula is C22H31N3O6. The summed E-state index contributed by atoms with van der Waals surface area (Å²) in [6.45, 7) is 13.7. The first-order valence-corrected chi connectivity index (χ1v) is 10.2. The van der Waals surface area contributed by atoms with E-state index in [0.29, 0.717) is 5.56 Å². The lowest BCUT2D eigenvalue weighted by Crippen LogP contribution is -2.52. The van der Waals surface area contributed by atoms with Crippen molar-refractivity contribution in [3.05, 3.63) is 60.3 Å². The van der Waals surface area contributed by atoms with Crippen molar-refractivity contribution in [3.8, 4) is 5.75 Å². The number of benzene rings is 1. The van der Waals surface area contributed by atoms with Gasteiger partial charge in [0.25, 0.3) is 0 Å². The summed E-state index contributed by atoms with van der Waals surface area (Å²) in [6, 6.07) is 3.83. The molecule has 0 amide bonds. The Morgan fingerprint density at radius 2 is 1.65 bits per heavy atom. The Labute approximate surface area is 180 Å². The van der Waals surface area contributed by atoms with E-state index in [1.54, 1.807) is 6.92 Å². The molecule has 1 aromatic carbocycles. The zero-order chi connectivity index (χ0) is 23.7. The summed E-state index contributed by atoms with van der Waals surface area (Å²) in [5.74, 6) is -0.727. The third-order valence-corrected chi connectivity index (χ3v) is 5.02. The predicted molar refractivity (Wildman–Crippen MR) is 117 cm³/mol. The quantitative estimate of drug-likeness (QED) is 0.738. The Balaban J connectivity index is 2.33. The van der Waals surface area contributed by atoms with Crippen molar-refractivity contribution in [2.75, 3.05) is 0 Å². The maximum atomic E-state index is 12.3. The van der Waals surface area contributed by atoms with Crippen molar-refractivity contribution >= 4 is 5.97 Å². The maximum absolute atomic E-state index is 12.3. The highest BCUT2D eigenvalue weighted by Gasteiger charge is 2.25. The molecule has 0 aliphatic heterocycles. The second-order valence-electron chi connectivity index (χ2n) is 9.55. The van der Waals surface area contributed by atoms with Crippen molar-refractivity contribution in [2.45, 2.75) is 78.7 Å². The average molecular weight is 434 g/mol. The standard InChI is InChI=1S/C22H31N3O6/c1-8-24-18(28)23-19(29)25(20(24)30)31-16(26)10-9-13-11-14(21(2,3)4)12-15(17(13)27)22(5,6)7/h11-12,27H,8-10H2,1-7H3,(H,23,28,29). The van der Waals surface area contributed by atoms with Crippen LogP contribution in [-0.2, 0) is 28.6 Å². The number of aromatic hydroxyl groups is 1. The van der Waals surface area contributed by atoms with Gasteiger partial charge in [0.2, 0.25) is 0 Å². The van der Waals surface area contributed by atoms with Crippen LogP contribution in [0.1, 0.15) is 71.6 Å². The second kappa shape index (κ2) is 8.56. The van der Waals surface area contributed by atoms with Crippen LogP contribution in [0, 0.1) is 0 Å². The summed E-state index contributed by atoms with van der Waals surface area (Å²) in [5.41, 5.74) is -1.14. The summed E-state index contributed by atoms with van der Waals surface area (Å²) in [4.78, 5) is 54.9. The fraction of sp³-hybridized carbons (Fsp3) is 0.545. The Morgan fingerprint density at radius 3 is 2.16 bits per heavy atom. The van der Waals surface area contributed by atoms with E-state index in [1.807, 2.05) is 37.9 Å². The Hall–Kier alpha value is -3.10. The molecule has 9 nitrogen and oxygen atoms in total. The molecule has 0 bridgehead atoms. The molecule has 0 radical (unpaired) electrons. The molecule has 0 fully saturated rings. The number of hydrogen-bond acceptors (Lipinski definition) is 6. The molecular weight excluding hydrogens is 402 g/mol. The van der Waals surface area contributed by atoms with Gasteiger partial charge in [0, 0.05) is 6.54 Å². The van der Waals surface area contributed by atoms with Crippen LogP contribution in [0.15, 0.2) is 26.5 Å². The third-order valence-electron chi connectivity index (χ3n) is 5.02. The predicted octanol–water partition coefficient (Wildman–Crippen LogP) is 1.61. The molecule has 0 saturated heterocycles. The van der Waals surface area contributed by atoms with Crippen LogP contribution in [0.25, 0.3) is 0 Å². The van der Waals surface area contributed by atoms with Gasteiger partial charge in [-0.15, -0.1) is 0 Å². The van der Waals surface area contributed by atoms with Crippen LogP contribution in [0.5, 0.6) is 5.75 Å².